The number of amides is 4. The zero-order chi connectivity index (χ0) is 34.6. The molecule has 0 saturated heterocycles. The van der Waals surface area contributed by atoms with Crippen LogP contribution in [0.15, 0.2) is 75.8 Å². The predicted molar refractivity (Wildman–Crippen MR) is 185 cm³/mol. The van der Waals surface area contributed by atoms with E-state index in [9.17, 15) is 19.2 Å². The summed E-state index contributed by atoms with van der Waals surface area (Å²) in [6, 6.07) is 12.2. The van der Waals surface area contributed by atoms with E-state index in [0.717, 1.165) is 22.0 Å². The number of para-hydroxylation sites is 1. The lowest BCUT2D eigenvalue weighted by molar-refractivity contribution is -0.141. The molecule has 3 aromatic rings. The summed E-state index contributed by atoms with van der Waals surface area (Å²) in [4.78, 5) is 70.3. The van der Waals surface area contributed by atoms with Crippen LogP contribution < -0.4 is 33.6 Å². The molecule has 4 rings (SSSR count). The minimum atomic E-state index is -1.11. The molecule has 254 valence electrons. The number of aromatic amines is 1. The second kappa shape index (κ2) is 16.8. The molecular formula is C33H43N11O4. The van der Waals surface area contributed by atoms with Crippen molar-refractivity contribution in [2.75, 3.05) is 13.6 Å². The van der Waals surface area contributed by atoms with Crippen molar-refractivity contribution in [1.82, 2.24) is 20.5 Å². The van der Waals surface area contributed by atoms with Crippen LogP contribution in [0.1, 0.15) is 30.4 Å². The van der Waals surface area contributed by atoms with E-state index < -0.39 is 47.8 Å². The number of primary amides is 1. The molecule has 11 N–H and O–H groups in total. The second-order valence-electron chi connectivity index (χ2n) is 11.7. The van der Waals surface area contributed by atoms with Crippen LogP contribution in [0.2, 0.25) is 0 Å². The Balaban J connectivity index is 1.54. The number of nitrogens with zero attached hydrogens (tertiary/aromatic N) is 4. The van der Waals surface area contributed by atoms with E-state index in [-0.39, 0.29) is 44.2 Å². The number of hydrogen-bond donors (Lipinski definition) is 7. The highest BCUT2D eigenvalue weighted by atomic mass is 16.2. The largest absolute Gasteiger partial charge is 0.370 e. The Morgan fingerprint density at radius 3 is 2.35 bits per heavy atom. The lowest BCUT2D eigenvalue weighted by atomic mass is 10.0. The predicted octanol–water partition coefficient (Wildman–Crippen LogP) is -0.513. The number of likely N-dealkylation sites (N-methyl/N-ethyl adjacent to an activating group) is 1. The Bertz CT molecular complexity index is 1650. The quantitative estimate of drug-likeness (QED) is 0.0568. The highest BCUT2D eigenvalue weighted by Crippen LogP contribution is 2.19. The van der Waals surface area contributed by atoms with Crippen molar-refractivity contribution < 1.29 is 19.2 Å². The number of fused-ring (bicyclic) bond motifs is 1. The van der Waals surface area contributed by atoms with Gasteiger partial charge in [0.1, 0.15) is 24.5 Å². The zero-order valence-corrected chi connectivity index (χ0v) is 26.8. The fraction of sp³-hybridized carbons (Fsp3) is 0.364. The van der Waals surface area contributed by atoms with Crippen LogP contribution in [-0.4, -0.2) is 95.8 Å². The summed E-state index contributed by atoms with van der Waals surface area (Å²) in [5.41, 5.74) is 25.4. The molecule has 0 saturated carbocycles. The monoisotopic (exact) mass is 657 g/mol. The summed E-state index contributed by atoms with van der Waals surface area (Å²) in [7, 11) is 1.50. The van der Waals surface area contributed by atoms with Crippen molar-refractivity contribution in [2.45, 2.75) is 62.3 Å². The maximum atomic E-state index is 14.0. The van der Waals surface area contributed by atoms with E-state index >= 15 is 0 Å². The van der Waals surface area contributed by atoms with Crippen LogP contribution >= 0.6 is 0 Å². The number of aliphatic imine (C=N–C) groups is 3. The summed E-state index contributed by atoms with van der Waals surface area (Å²) < 4.78 is 0. The Morgan fingerprint density at radius 1 is 0.958 bits per heavy atom. The number of carbonyl (C=O) groups excluding carboxylic acids is 4. The lowest BCUT2D eigenvalue weighted by Crippen LogP contribution is -2.58. The number of nitrogens with two attached hydrogens (primary N) is 4. The van der Waals surface area contributed by atoms with Gasteiger partial charge >= 0.3 is 0 Å². The van der Waals surface area contributed by atoms with Crippen molar-refractivity contribution in [1.29, 1.82) is 0 Å². The standard InChI is InChI=1S/C33H43N11O4/c1-44(32(48)24(34)16-22-18-38-19-41-22)28(14-20-8-3-2-4-9-20)31(47)42-26(12-7-13-39-33(36)37)30(46)43-27(29(35)45)15-21-17-40-25-11-6-5-10-23(21)25/h2-6,8-11,17-19,22,24,26-28,40H,7,12-16,34H2,1H3,(H2,35,45)(H,42,47)(H,43,46)(H4,36,37,39)/t22?,24-,26-,27-,28+/m0/s1. The van der Waals surface area contributed by atoms with Crippen LogP contribution in [0.25, 0.3) is 10.9 Å². The number of hydrogen-bond acceptors (Lipinski definition) is 8. The summed E-state index contributed by atoms with van der Waals surface area (Å²) in [6.45, 7) is 0.199. The van der Waals surface area contributed by atoms with E-state index in [1.807, 2.05) is 54.6 Å². The van der Waals surface area contributed by atoms with Gasteiger partial charge in [0, 0.05) is 49.7 Å². The number of carbonyl (C=O) groups is 4. The molecule has 1 unspecified atom stereocenters. The van der Waals surface area contributed by atoms with Crippen LogP contribution in [0.3, 0.4) is 0 Å². The van der Waals surface area contributed by atoms with E-state index in [1.54, 1.807) is 12.4 Å². The normalized spacial score (nSPS) is 16.1. The molecule has 15 nitrogen and oxygen atoms in total. The highest BCUT2D eigenvalue weighted by molar-refractivity contribution is 5.95. The fourth-order valence-corrected chi connectivity index (χ4v) is 5.50. The summed E-state index contributed by atoms with van der Waals surface area (Å²) >= 11 is 0. The Kier molecular flexibility index (Phi) is 12.4. The minimum absolute atomic E-state index is 0.110. The smallest absolute Gasteiger partial charge is 0.243 e. The summed E-state index contributed by atoms with van der Waals surface area (Å²) in [5, 5.41) is 6.42. The Labute approximate surface area is 278 Å². The van der Waals surface area contributed by atoms with Gasteiger partial charge in [0.2, 0.25) is 23.6 Å². The SMILES string of the molecule is CN(C(=O)[C@@H](N)CC1C=NC=N1)[C@H](Cc1ccccc1)C(=O)N[C@@H](CCCN=C(N)N)C(=O)N[C@@H](Cc1c[nH]c2ccccc12)C(N)=O. The Hall–Kier alpha value is -5.57. The van der Waals surface area contributed by atoms with Gasteiger partial charge in [-0.05, 0) is 36.5 Å². The first-order valence-corrected chi connectivity index (χ1v) is 15.6. The van der Waals surface area contributed by atoms with Crippen LogP contribution in [-0.2, 0) is 32.0 Å². The molecule has 1 aliphatic rings. The Morgan fingerprint density at radius 2 is 1.67 bits per heavy atom. The average molecular weight is 658 g/mol. The van der Waals surface area contributed by atoms with E-state index in [2.05, 4.69) is 30.6 Å². The van der Waals surface area contributed by atoms with Crippen LogP contribution in [0.4, 0.5) is 0 Å². The van der Waals surface area contributed by atoms with Crippen molar-refractivity contribution >= 4 is 53.0 Å². The molecule has 1 aliphatic heterocycles. The zero-order valence-electron chi connectivity index (χ0n) is 26.8. The second-order valence-corrected chi connectivity index (χ2v) is 11.7. The molecule has 5 atom stereocenters. The van der Waals surface area contributed by atoms with E-state index in [4.69, 9.17) is 22.9 Å². The third-order valence-electron chi connectivity index (χ3n) is 8.12. The third-order valence-corrected chi connectivity index (χ3v) is 8.12. The van der Waals surface area contributed by atoms with Gasteiger partial charge < -0.3 is 43.5 Å². The lowest BCUT2D eigenvalue weighted by Gasteiger charge is -2.31. The average Bonchev–Trinajstić information content (AvgIpc) is 3.74. The van der Waals surface area contributed by atoms with E-state index in [1.165, 1.54) is 18.3 Å². The van der Waals surface area contributed by atoms with Crippen molar-refractivity contribution in [3.8, 4) is 0 Å². The van der Waals surface area contributed by atoms with Crippen molar-refractivity contribution in [2.24, 2.45) is 37.9 Å². The van der Waals surface area contributed by atoms with Crippen molar-refractivity contribution in [3.63, 3.8) is 0 Å². The van der Waals surface area contributed by atoms with Crippen LogP contribution in [0.5, 0.6) is 0 Å². The molecule has 15 heteroatoms. The van der Waals surface area contributed by atoms with Gasteiger partial charge in [-0.15, -0.1) is 0 Å². The van der Waals surface area contributed by atoms with Gasteiger partial charge in [0.15, 0.2) is 5.96 Å². The number of rotatable bonds is 17. The molecular weight excluding hydrogens is 614 g/mol. The molecule has 2 aromatic carbocycles. The first-order valence-electron chi connectivity index (χ1n) is 15.6. The van der Waals surface area contributed by atoms with E-state index in [0.29, 0.717) is 6.42 Å². The van der Waals surface area contributed by atoms with Gasteiger partial charge in [-0.2, -0.15) is 0 Å². The van der Waals surface area contributed by atoms with Gasteiger partial charge in [-0.1, -0.05) is 48.5 Å². The maximum absolute atomic E-state index is 14.0. The molecule has 0 radical (unpaired) electrons. The first kappa shape index (κ1) is 35.3. The molecule has 0 bridgehead atoms. The fourth-order valence-electron chi connectivity index (χ4n) is 5.50. The third kappa shape index (κ3) is 9.72. The molecule has 48 heavy (non-hydrogen) atoms. The van der Waals surface area contributed by atoms with Gasteiger partial charge in [-0.3, -0.25) is 29.2 Å². The number of aromatic nitrogens is 1. The van der Waals surface area contributed by atoms with Gasteiger partial charge in [0.05, 0.1) is 12.1 Å². The highest BCUT2D eigenvalue weighted by Gasteiger charge is 2.34. The number of H-pyrrole nitrogens is 1. The van der Waals surface area contributed by atoms with Gasteiger partial charge in [-0.25, -0.2) is 4.99 Å². The number of guanidine groups is 1. The number of benzene rings is 2. The minimum Gasteiger partial charge on any atom is -0.370 e. The van der Waals surface area contributed by atoms with Crippen LogP contribution in [0, 0.1) is 0 Å². The van der Waals surface area contributed by atoms with Gasteiger partial charge in [0.25, 0.3) is 0 Å². The number of nitrogens with one attached hydrogen (secondary N) is 3. The topological polar surface area (TPSA) is 253 Å². The molecule has 0 fully saturated rings. The maximum Gasteiger partial charge on any atom is 0.243 e. The summed E-state index contributed by atoms with van der Waals surface area (Å²) in [6.07, 6.45) is 5.71. The summed E-state index contributed by atoms with van der Waals surface area (Å²) in [5.74, 6) is -2.53. The molecule has 2 heterocycles. The van der Waals surface area contributed by atoms with Crippen molar-refractivity contribution in [3.05, 3.63) is 71.9 Å². The molecule has 0 spiro atoms. The molecule has 0 aliphatic carbocycles. The molecule has 4 amide bonds. The first-order chi connectivity index (χ1) is 23.0. The molecule has 1 aromatic heterocycles.